The molecule has 0 aliphatic rings. The van der Waals surface area contributed by atoms with Gasteiger partial charge in [-0.05, 0) is 80.7 Å². The summed E-state index contributed by atoms with van der Waals surface area (Å²) in [7, 11) is 0. The topological polar surface area (TPSA) is 20.8 Å². The summed E-state index contributed by atoms with van der Waals surface area (Å²) >= 11 is 16.9. The van der Waals surface area contributed by atoms with Crippen molar-refractivity contribution in [3.63, 3.8) is 0 Å². The van der Waals surface area contributed by atoms with Gasteiger partial charge in [0.15, 0.2) is 0 Å². The number of anilines is 1. The molecule has 0 unspecified atom stereocenters. The average Bonchev–Trinajstić information content (AvgIpc) is 3.68. The lowest BCUT2D eigenvalue weighted by Crippen LogP contribution is -2.64. The van der Waals surface area contributed by atoms with Crippen molar-refractivity contribution in [3.8, 4) is 33.6 Å². The highest BCUT2D eigenvalue weighted by atomic mass is 35.7. The van der Waals surface area contributed by atoms with Gasteiger partial charge in [-0.15, -0.1) is 22.2 Å². The molecule has 0 bridgehead atoms. The summed E-state index contributed by atoms with van der Waals surface area (Å²) in [6.07, 6.45) is 4.45. The zero-order valence-electron chi connectivity index (χ0n) is 41.1. The molecule has 0 aliphatic heterocycles. The summed E-state index contributed by atoms with van der Waals surface area (Å²) < 4.78 is 4.72. The van der Waals surface area contributed by atoms with Gasteiger partial charge < -0.3 is 4.98 Å². The summed E-state index contributed by atoms with van der Waals surface area (Å²) in [6.45, 7) is 32.9. The predicted octanol–water partition coefficient (Wildman–Crippen LogP) is 16.8. The van der Waals surface area contributed by atoms with E-state index in [9.17, 15) is 0 Å². The lowest BCUT2D eigenvalue weighted by molar-refractivity contribution is -0.577. The third-order valence-corrected chi connectivity index (χ3v) is 16.1. The number of rotatable bonds is 15. The lowest BCUT2D eigenvalue weighted by Gasteiger charge is -2.29. The van der Waals surface area contributed by atoms with Crippen LogP contribution in [-0.2, 0) is 0 Å². The van der Waals surface area contributed by atoms with Crippen molar-refractivity contribution in [2.75, 3.05) is 4.98 Å². The third-order valence-electron chi connectivity index (χ3n) is 12.9. The Balaban J connectivity index is 1.82. The van der Waals surface area contributed by atoms with E-state index in [0.29, 0.717) is 23.7 Å². The third kappa shape index (κ3) is 9.52. The molecule has 3 nitrogen and oxygen atoms in total. The Morgan fingerprint density at radius 1 is 0.429 bits per heavy atom. The predicted molar refractivity (Wildman–Crippen MR) is 278 cm³/mol. The number of benzene rings is 5. The van der Waals surface area contributed by atoms with Crippen molar-refractivity contribution in [3.05, 3.63) is 148 Å². The Labute approximate surface area is 391 Å². The van der Waals surface area contributed by atoms with Gasteiger partial charge in [0.25, 0.3) is 5.45 Å². The van der Waals surface area contributed by atoms with Gasteiger partial charge in [0.1, 0.15) is 23.8 Å². The first-order valence-electron chi connectivity index (χ1n) is 23.6. The molecule has 0 spiro atoms. The number of halogens is 2. The first-order valence-corrected chi connectivity index (χ1v) is 27.7. The first-order chi connectivity index (χ1) is 29.7. The fourth-order valence-corrected chi connectivity index (χ4v) is 13.0. The van der Waals surface area contributed by atoms with E-state index < -0.39 is 6.86 Å². The van der Waals surface area contributed by atoms with Gasteiger partial charge in [0, 0.05) is 39.1 Å². The fraction of sp³-hybridized carbons (Fsp3) is 0.421. The van der Waals surface area contributed by atoms with E-state index in [0.717, 1.165) is 33.6 Å². The van der Waals surface area contributed by atoms with E-state index >= 15 is 0 Å². The number of nitrogens with one attached hydrogen (secondary N) is 1. The van der Waals surface area contributed by atoms with Crippen LogP contribution >= 0.6 is 22.2 Å². The minimum Gasteiger partial charge on any atom is -0.377 e. The molecule has 1 heterocycles. The smallest absolute Gasteiger partial charge is 0.377 e. The standard InChI is InChI=1S/C57H74Cl2N3Si/c1-34(2)42-22-17-23-43(35(3)4)52(42)50-30-21-31-51(53-44(36(5)6)24-18-25-45(53)37(7)8)54(50)60-63(58,59)57-61(55-46(38(9)10)26-19-27-47(55)39(11)12)32-33-62(57)56-48(40(13)14)28-20-29-49(56)41(15)16/h17-41,60H,1-16H3/q+1. The molecule has 0 saturated heterocycles. The van der Waals surface area contributed by atoms with Crippen LogP contribution in [0.25, 0.3) is 33.6 Å². The van der Waals surface area contributed by atoms with E-state index in [1.54, 1.807) is 0 Å². The molecule has 0 radical (unpaired) electrons. The van der Waals surface area contributed by atoms with Crippen LogP contribution in [0, 0.1) is 0 Å². The monoisotopic (exact) mass is 899 g/mol. The average molecular weight is 900 g/mol. The Morgan fingerprint density at radius 2 is 0.730 bits per heavy atom. The van der Waals surface area contributed by atoms with Crippen molar-refractivity contribution in [2.24, 2.45) is 0 Å². The summed E-state index contributed by atoms with van der Waals surface area (Å²) in [6, 6.07) is 34.1. The Bertz CT molecular complexity index is 2290. The second kappa shape index (κ2) is 19.6. The van der Waals surface area contributed by atoms with Gasteiger partial charge in [0.05, 0.1) is 0 Å². The molecule has 6 heteroatoms. The second-order valence-corrected chi connectivity index (χ2v) is 26.0. The Morgan fingerprint density at radius 3 is 1.06 bits per heavy atom. The molecule has 0 aliphatic carbocycles. The Hall–Kier alpha value is -4.09. The minimum absolute atomic E-state index is 0.266. The van der Waals surface area contributed by atoms with Crippen LogP contribution in [0.2, 0.25) is 0 Å². The summed E-state index contributed by atoms with van der Waals surface area (Å²) in [5, 5.41) is 0. The highest BCUT2D eigenvalue weighted by Gasteiger charge is 2.49. The van der Waals surface area contributed by atoms with E-state index in [2.05, 4.69) is 228 Å². The van der Waals surface area contributed by atoms with Crippen molar-refractivity contribution in [2.45, 2.75) is 158 Å². The normalized spacial score (nSPS) is 12.5. The van der Waals surface area contributed by atoms with Crippen LogP contribution in [0.15, 0.2) is 103 Å². The van der Waals surface area contributed by atoms with Crippen LogP contribution in [0.4, 0.5) is 5.69 Å². The van der Waals surface area contributed by atoms with Crippen molar-refractivity contribution in [1.29, 1.82) is 0 Å². The molecule has 6 aromatic rings. The molecule has 1 N–H and O–H groups in total. The number of aromatic nitrogens is 2. The van der Waals surface area contributed by atoms with Gasteiger partial charge in [-0.3, -0.25) is 0 Å². The van der Waals surface area contributed by atoms with Gasteiger partial charge in [0.2, 0.25) is 0 Å². The van der Waals surface area contributed by atoms with Crippen molar-refractivity contribution in [1.82, 2.24) is 4.57 Å². The second-order valence-electron chi connectivity index (χ2n) is 20.2. The zero-order valence-corrected chi connectivity index (χ0v) is 43.6. The summed E-state index contributed by atoms with van der Waals surface area (Å²) in [5.74, 6) is 2.24. The van der Waals surface area contributed by atoms with Crippen LogP contribution in [0.1, 0.15) is 203 Å². The van der Waals surface area contributed by atoms with Crippen LogP contribution in [0.3, 0.4) is 0 Å². The number of nitrogens with zero attached hydrogens (tertiary/aromatic N) is 2. The molecule has 6 rings (SSSR count). The van der Waals surface area contributed by atoms with E-state index in [1.165, 1.54) is 55.6 Å². The molecule has 1 aromatic heterocycles. The number of imidazole rings is 1. The first kappa shape index (κ1) is 48.4. The van der Waals surface area contributed by atoms with Gasteiger partial charge in [-0.1, -0.05) is 202 Å². The van der Waals surface area contributed by atoms with Gasteiger partial charge in [-0.25, -0.2) is 0 Å². The zero-order chi connectivity index (χ0) is 46.2. The molecule has 63 heavy (non-hydrogen) atoms. The van der Waals surface area contributed by atoms with Crippen LogP contribution in [-0.4, -0.2) is 11.4 Å². The van der Waals surface area contributed by atoms with E-state index in [-0.39, 0.29) is 23.7 Å². The maximum atomic E-state index is 8.46. The van der Waals surface area contributed by atoms with Crippen LogP contribution in [0.5, 0.6) is 0 Å². The number of hydrogen-bond acceptors (Lipinski definition) is 1. The highest BCUT2D eigenvalue weighted by molar-refractivity contribution is 7.51. The molecule has 0 fully saturated rings. The maximum absolute atomic E-state index is 8.46. The van der Waals surface area contributed by atoms with E-state index in [1.807, 2.05) is 0 Å². The largest absolute Gasteiger partial charge is 0.480 e. The van der Waals surface area contributed by atoms with Crippen LogP contribution < -0.4 is 15.0 Å². The minimum atomic E-state index is -3.84. The SMILES string of the molecule is CC(C)c1cccc(C(C)C)c1-c1cccc(-c2c(C(C)C)cccc2C(C)C)c1N[Si](Cl)(Cl)c1n(-c2c(C(C)C)cccc2C(C)C)cc[n+]1-c1c(C(C)C)cccc1C(C)C. The van der Waals surface area contributed by atoms with Gasteiger partial charge in [-0.2, -0.15) is 9.13 Å². The Kier molecular flexibility index (Phi) is 15.0. The molecule has 334 valence electrons. The molecular formula is C57H74Cl2N3Si+. The highest BCUT2D eigenvalue weighted by Crippen LogP contribution is 2.48. The van der Waals surface area contributed by atoms with Crippen molar-refractivity contribution >= 4 is 40.1 Å². The van der Waals surface area contributed by atoms with Gasteiger partial charge >= 0.3 is 6.86 Å². The lowest BCUT2D eigenvalue weighted by atomic mass is 9.81. The quantitative estimate of drug-likeness (QED) is 0.0619. The van der Waals surface area contributed by atoms with Crippen molar-refractivity contribution < 1.29 is 4.57 Å². The summed E-state index contributed by atoms with van der Waals surface area (Å²) in [5.41, 5.74) is 19.3. The maximum Gasteiger partial charge on any atom is 0.480 e. The summed E-state index contributed by atoms with van der Waals surface area (Å²) in [4.78, 5) is 4.16. The number of hydrogen-bond donors (Lipinski definition) is 1. The molecule has 0 atom stereocenters. The molecule has 0 amide bonds. The molecule has 5 aromatic carbocycles. The fourth-order valence-electron chi connectivity index (χ4n) is 9.67. The molecule has 0 saturated carbocycles. The number of para-hydroxylation sites is 3. The van der Waals surface area contributed by atoms with E-state index in [4.69, 9.17) is 22.2 Å². The molecular weight excluding hydrogens is 826 g/mol.